The minimum absolute atomic E-state index is 0.358. The third-order valence-electron chi connectivity index (χ3n) is 3.19. The van der Waals surface area contributed by atoms with E-state index in [9.17, 15) is 13.2 Å². The molecule has 2 rings (SSSR count). The Kier molecular flexibility index (Phi) is 4.06. The van der Waals surface area contributed by atoms with E-state index in [0.717, 1.165) is 6.26 Å². The predicted molar refractivity (Wildman–Crippen MR) is 74.4 cm³/mol. The number of carbonyl (C=O) groups is 1. The van der Waals surface area contributed by atoms with Gasteiger partial charge in [0, 0.05) is 12.2 Å². The first-order chi connectivity index (χ1) is 9.41. The minimum Gasteiger partial charge on any atom is -0.325 e. The molecule has 6 nitrogen and oxygen atoms in total. The Labute approximate surface area is 118 Å². The number of rotatable bonds is 3. The number of anilines is 1. The summed E-state index contributed by atoms with van der Waals surface area (Å²) in [6.45, 7) is 0.370. The van der Waals surface area contributed by atoms with Gasteiger partial charge in [-0.1, -0.05) is 6.07 Å². The van der Waals surface area contributed by atoms with Crippen LogP contribution < -0.4 is 5.32 Å². The summed E-state index contributed by atoms with van der Waals surface area (Å²) in [5.41, 5.74) is 0.934. The first kappa shape index (κ1) is 14.5. The Bertz CT molecular complexity index is 664. The monoisotopic (exact) mass is 293 g/mol. The molecular formula is C13H15N3O3S. The van der Waals surface area contributed by atoms with E-state index in [4.69, 9.17) is 5.26 Å². The Balaban J connectivity index is 2.14. The second-order valence-electron chi connectivity index (χ2n) is 4.71. The lowest BCUT2D eigenvalue weighted by Crippen LogP contribution is -2.42. The molecule has 0 aromatic heterocycles. The maximum absolute atomic E-state index is 12.2. The molecule has 1 atom stereocenters. The van der Waals surface area contributed by atoms with Crippen molar-refractivity contribution in [2.75, 3.05) is 18.1 Å². The fourth-order valence-corrected chi connectivity index (χ4v) is 3.42. The lowest BCUT2D eigenvalue weighted by Gasteiger charge is -2.21. The zero-order chi connectivity index (χ0) is 14.8. The molecule has 1 saturated heterocycles. The van der Waals surface area contributed by atoms with Crippen LogP contribution in [0.5, 0.6) is 0 Å². The summed E-state index contributed by atoms with van der Waals surface area (Å²) in [5, 5.41) is 11.5. The van der Waals surface area contributed by atoms with Gasteiger partial charge in [-0.25, -0.2) is 8.42 Å². The number of nitrogens with one attached hydrogen (secondary N) is 1. The van der Waals surface area contributed by atoms with Crippen LogP contribution in [0.1, 0.15) is 18.4 Å². The molecule has 7 heteroatoms. The van der Waals surface area contributed by atoms with Gasteiger partial charge in [0.25, 0.3) is 0 Å². The first-order valence-electron chi connectivity index (χ1n) is 6.19. The highest BCUT2D eigenvalue weighted by molar-refractivity contribution is 7.88. The Morgan fingerprint density at radius 2 is 2.25 bits per heavy atom. The molecule has 106 valence electrons. The maximum Gasteiger partial charge on any atom is 0.242 e. The molecule has 1 aromatic carbocycles. The van der Waals surface area contributed by atoms with Crippen molar-refractivity contribution in [2.45, 2.75) is 18.9 Å². The van der Waals surface area contributed by atoms with Gasteiger partial charge >= 0.3 is 0 Å². The molecule has 1 aliphatic rings. The van der Waals surface area contributed by atoms with Crippen LogP contribution in [0.4, 0.5) is 5.69 Å². The van der Waals surface area contributed by atoms with Gasteiger partial charge < -0.3 is 5.32 Å². The molecule has 0 aliphatic carbocycles. The number of nitrogens with zero attached hydrogens (tertiary/aromatic N) is 2. The molecule has 1 fully saturated rings. The first-order valence-corrected chi connectivity index (χ1v) is 8.04. The summed E-state index contributed by atoms with van der Waals surface area (Å²) in [5.74, 6) is -0.358. The average molecular weight is 293 g/mol. The van der Waals surface area contributed by atoms with Crippen molar-refractivity contribution in [3.05, 3.63) is 29.8 Å². The fraction of sp³-hybridized carbons (Fsp3) is 0.385. The van der Waals surface area contributed by atoms with Gasteiger partial charge in [0.15, 0.2) is 0 Å². The van der Waals surface area contributed by atoms with Crippen molar-refractivity contribution < 1.29 is 13.2 Å². The molecule has 0 saturated carbocycles. The minimum atomic E-state index is -3.38. The van der Waals surface area contributed by atoms with Crippen molar-refractivity contribution in [2.24, 2.45) is 0 Å². The van der Waals surface area contributed by atoms with Crippen LogP contribution in [-0.4, -0.2) is 37.5 Å². The molecule has 1 heterocycles. The summed E-state index contributed by atoms with van der Waals surface area (Å²) in [4.78, 5) is 12.2. The number of hydrogen-bond acceptors (Lipinski definition) is 4. The quantitative estimate of drug-likeness (QED) is 0.897. The van der Waals surface area contributed by atoms with E-state index >= 15 is 0 Å². The summed E-state index contributed by atoms with van der Waals surface area (Å²) < 4.78 is 24.4. The van der Waals surface area contributed by atoms with Crippen LogP contribution >= 0.6 is 0 Å². The third kappa shape index (κ3) is 3.15. The molecule has 1 aliphatic heterocycles. The predicted octanol–water partition coefficient (Wildman–Crippen LogP) is 0.921. The molecule has 0 spiro atoms. The van der Waals surface area contributed by atoms with E-state index in [1.165, 1.54) is 4.31 Å². The number of amides is 1. The highest BCUT2D eigenvalue weighted by Crippen LogP contribution is 2.22. The molecule has 0 bridgehead atoms. The average Bonchev–Trinajstić information content (AvgIpc) is 2.88. The van der Waals surface area contributed by atoms with Crippen molar-refractivity contribution in [3.8, 4) is 6.07 Å². The molecule has 1 aromatic rings. The van der Waals surface area contributed by atoms with E-state index in [1.807, 2.05) is 6.07 Å². The second kappa shape index (κ2) is 5.61. The largest absolute Gasteiger partial charge is 0.325 e. The van der Waals surface area contributed by atoms with Crippen LogP contribution in [0, 0.1) is 11.3 Å². The number of hydrogen-bond donors (Lipinski definition) is 1. The Hall–Kier alpha value is -1.91. The van der Waals surface area contributed by atoms with Gasteiger partial charge in [-0.3, -0.25) is 4.79 Å². The van der Waals surface area contributed by atoms with Gasteiger partial charge in [0.2, 0.25) is 15.9 Å². The molecule has 1 N–H and O–H groups in total. The SMILES string of the molecule is CS(=O)(=O)N1CCC[C@H]1C(=O)Nc1cccc(C#N)c1. The van der Waals surface area contributed by atoms with E-state index < -0.39 is 16.1 Å². The van der Waals surface area contributed by atoms with Gasteiger partial charge in [0.1, 0.15) is 6.04 Å². The fourth-order valence-electron chi connectivity index (χ4n) is 2.29. The van der Waals surface area contributed by atoms with Crippen molar-refractivity contribution in [1.29, 1.82) is 5.26 Å². The normalized spacial score (nSPS) is 19.5. The van der Waals surface area contributed by atoms with E-state index in [2.05, 4.69) is 5.32 Å². The highest BCUT2D eigenvalue weighted by atomic mass is 32.2. The smallest absolute Gasteiger partial charge is 0.242 e. The molecular weight excluding hydrogens is 278 g/mol. The van der Waals surface area contributed by atoms with E-state index in [0.29, 0.717) is 30.6 Å². The molecule has 1 amide bonds. The van der Waals surface area contributed by atoms with Gasteiger partial charge in [-0.15, -0.1) is 0 Å². The third-order valence-corrected chi connectivity index (χ3v) is 4.48. The van der Waals surface area contributed by atoms with E-state index in [1.54, 1.807) is 24.3 Å². The maximum atomic E-state index is 12.2. The number of carbonyl (C=O) groups excluding carboxylic acids is 1. The van der Waals surface area contributed by atoms with Crippen LogP contribution in [0.3, 0.4) is 0 Å². The molecule has 0 radical (unpaired) electrons. The van der Waals surface area contributed by atoms with E-state index in [-0.39, 0.29) is 5.91 Å². The van der Waals surface area contributed by atoms with Crippen molar-refractivity contribution >= 4 is 21.6 Å². The van der Waals surface area contributed by atoms with Crippen molar-refractivity contribution in [3.63, 3.8) is 0 Å². The summed E-state index contributed by atoms with van der Waals surface area (Å²) in [7, 11) is -3.38. The van der Waals surface area contributed by atoms with Crippen LogP contribution in [-0.2, 0) is 14.8 Å². The number of nitriles is 1. The lowest BCUT2D eigenvalue weighted by molar-refractivity contribution is -0.119. The Morgan fingerprint density at radius 1 is 1.50 bits per heavy atom. The second-order valence-corrected chi connectivity index (χ2v) is 6.65. The summed E-state index contributed by atoms with van der Waals surface area (Å²) >= 11 is 0. The topological polar surface area (TPSA) is 90.3 Å². The Morgan fingerprint density at radius 3 is 2.90 bits per heavy atom. The van der Waals surface area contributed by atoms with Gasteiger partial charge in [-0.2, -0.15) is 9.57 Å². The van der Waals surface area contributed by atoms with Gasteiger partial charge in [-0.05, 0) is 31.0 Å². The highest BCUT2D eigenvalue weighted by Gasteiger charge is 2.36. The lowest BCUT2D eigenvalue weighted by atomic mass is 10.2. The molecule has 20 heavy (non-hydrogen) atoms. The summed E-state index contributed by atoms with van der Waals surface area (Å²) in [6.07, 6.45) is 2.29. The summed E-state index contributed by atoms with van der Waals surface area (Å²) in [6, 6.07) is 7.83. The van der Waals surface area contributed by atoms with Gasteiger partial charge in [0.05, 0.1) is 17.9 Å². The van der Waals surface area contributed by atoms with Crippen LogP contribution in [0.25, 0.3) is 0 Å². The molecule has 0 unspecified atom stereocenters. The number of sulfonamides is 1. The number of benzene rings is 1. The van der Waals surface area contributed by atoms with Crippen molar-refractivity contribution in [1.82, 2.24) is 4.31 Å². The standard InChI is InChI=1S/C13H15N3O3S/c1-20(18,19)16-7-3-6-12(16)13(17)15-11-5-2-4-10(8-11)9-14/h2,4-5,8,12H,3,6-7H2,1H3,(H,15,17)/t12-/m0/s1. The zero-order valence-corrected chi connectivity index (χ0v) is 11.9. The van der Waals surface area contributed by atoms with Crippen LogP contribution in [0.2, 0.25) is 0 Å². The zero-order valence-electron chi connectivity index (χ0n) is 11.0. The van der Waals surface area contributed by atoms with Crippen LogP contribution in [0.15, 0.2) is 24.3 Å².